The van der Waals surface area contributed by atoms with E-state index in [2.05, 4.69) is 13.8 Å². The zero-order valence-electron chi connectivity index (χ0n) is 16.1. The second-order valence-electron chi connectivity index (χ2n) is 7.16. The normalized spacial score (nSPS) is 12.0. The van der Waals surface area contributed by atoms with E-state index in [0.717, 1.165) is 48.4 Å². The van der Waals surface area contributed by atoms with Crippen molar-refractivity contribution in [2.75, 3.05) is 0 Å². The molecule has 0 unspecified atom stereocenters. The molecule has 0 bridgehead atoms. The highest BCUT2D eigenvalue weighted by Gasteiger charge is 2.18. The van der Waals surface area contributed by atoms with Crippen LogP contribution in [0.2, 0.25) is 0 Å². The molecule has 0 amide bonds. The molecule has 0 spiro atoms. The minimum absolute atomic E-state index is 0.0518. The van der Waals surface area contributed by atoms with Gasteiger partial charge in [0.2, 0.25) is 0 Å². The Hall–Kier alpha value is -1.39. The second kappa shape index (κ2) is 10.1. The van der Waals surface area contributed by atoms with E-state index >= 15 is 0 Å². The zero-order valence-corrected chi connectivity index (χ0v) is 16.9. The maximum absolute atomic E-state index is 11.9. The van der Waals surface area contributed by atoms with Crippen LogP contribution in [0.3, 0.4) is 0 Å². The lowest BCUT2D eigenvalue weighted by atomic mass is 9.94. The summed E-state index contributed by atoms with van der Waals surface area (Å²) in [4.78, 5) is 0.0518. The molecule has 26 heavy (non-hydrogen) atoms. The monoisotopic (exact) mass is 376 g/mol. The molecule has 2 rings (SSSR count). The van der Waals surface area contributed by atoms with Gasteiger partial charge in [0.25, 0.3) is 10.1 Å². The first-order valence-electron chi connectivity index (χ1n) is 10.00. The maximum atomic E-state index is 11.9. The van der Waals surface area contributed by atoms with Gasteiger partial charge in [0.1, 0.15) is 4.90 Å². The van der Waals surface area contributed by atoms with Gasteiger partial charge in [0, 0.05) is 5.39 Å². The molecule has 1 N–H and O–H groups in total. The molecule has 4 heteroatoms. The molecule has 0 aliphatic heterocycles. The third-order valence-corrected chi connectivity index (χ3v) is 5.95. The molecule has 0 atom stereocenters. The van der Waals surface area contributed by atoms with E-state index in [9.17, 15) is 13.0 Å². The average Bonchev–Trinajstić information content (AvgIpc) is 2.61. The summed E-state index contributed by atoms with van der Waals surface area (Å²) in [6.07, 6.45) is 11.1. The first-order chi connectivity index (χ1) is 12.5. The number of hydrogen-bond donors (Lipinski definition) is 1. The topological polar surface area (TPSA) is 54.4 Å². The molecule has 0 aromatic heterocycles. The lowest BCUT2D eigenvalue weighted by Crippen LogP contribution is -2.03. The molecular formula is C22H32O3S. The van der Waals surface area contributed by atoms with Crippen molar-refractivity contribution in [2.24, 2.45) is 0 Å². The predicted molar refractivity (Wildman–Crippen MR) is 109 cm³/mol. The van der Waals surface area contributed by atoms with Crippen molar-refractivity contribution in [1.29, 1.82) is 0 Å². The lowest BCUT2D eigenvalue weighted by molar-refractivity contribution is 0.484. The van der Waals surface area contributed by atoms with E-state index in [-0.39, 0.29) is 4.90 Å². The van der Waals surface area contributed by atoms with Crippen LogP contribution in [-0.2, 0) is 23.0 Å². The van der Waals surface area contributed by atoms with Crippen LogP contribution in [0.15, 0.2) is 35.2 Å². The molecule has 0 fully saturated rings. The van der Waals surface area contributed by atoms with Crippen molar-refractivity contribution >= 4 is 20.9 Å². The van der Waals surface area contributed by atoms with E-state index in [1.807, 2.05) is 24.3 Å². The van der Waals surface area contributed by atoms with E-state index in [0.29, 0.717) is 0 Å². The highest BCUT2D eigenvalue weighted by Crippen LogP contribution is 2.31. The van der Waals surface area contributed by atoms with Gasteiger partial charge in [-0.15, -0.1) is 0 Å². The zero-order chi connectivity index (χ0) is 19.0. The smallest absolute Gasteiger partial charge is 0.282 e. The van der Waals surface area contributed by atoms with Gasteiger partial charge in [-0.3, -0.25) is 4.55 Å². The fraction of sp³-hybridized carbons (Fsp3) is 0.545. The Kier molecular flexibility index (Phi) is 8.11. The molecule has 0 aliphatic carbocycles. The number of benzene rings is 2. The molecule has 0 radical (unpaired) electrons. The van der Waals surface area contributed by atoms with Crippen LogP contribution < -0.4 is 0 Å². The highest BCUT2D eigenvalue weighted by molar-refractivity contribution is 7.86. The summed E-state index contributed by atoms with van der Waals surface area (Å²) in [5, 5.41) is 1.70. The van der Waals surface area contributed by atoms with Gasteiger partial charge in [-0.05, 0) is 48.3 Å². The highest BCUT2D eigenvalue weighted by atomic mass is 32.2. The van der Waals surface area contributed by atoms with Crippen LogP contribution in [0.1, 0.15) is 76.3 Å². The number of unbranched alkanes of at least 4 members (excludes halogenated alkanes) is 6. The second-order valence-corrected chi connectivity index (χ2v) is 8.55. The SMILES string of the molecule is CCCCCCc1ccc(S(=O)(=O)O)c2c(CCCCCC)cccc12. The lowest BCUT2D eigenvalue weighted by Gasteiger charge is -2.14. The Bertz CT molecular complexity index is 809. The van der Waals surface area contributed by atoms with E-state index in [1.54, 1.807) is 6.07 Å². The molecule has 144 valence electrons. The Morgan fingerprint density at radius 3 is 1.96 bits per heavy atom. The van der Waals surface area contributed by atoms with Crippen molar-refractivity contribution in [3.63, 3.8) is 0 Å². The summed E-state index contributed by atoms with van der Waals surface area (Å²) in [6.45, 7) is 4.38. The van der Waals surface area contributed by atoms with E-state index < -0.39 is 10.1 Å². The van der Waals surface area contributed by atoms with Crippen molar-refractivity contribution in [3.05, 3.63) is 41.5 Å². The first kappa shape index (κ1) is 20.9. The first-order valence-corrected chi connectivity index (χ1v) is 11.4. The summed E-state index contributed by atoms with van der Waals surface area (Å²) < 4.78 is 33.6. The summed E-state index contributed by atoms with van der Waals surface area (Å²) in [7, 11) is -4.23. The molecule has 2 aromatic rings. The minimum atomic E-state index is -4.23. The van der Waals surface area contributed by atoms with Crippen LogP contribution in [0.25, 0.3) is 10.8 Å². The van der Waals surface area contributed by atoms with Crippen LogP contribution in [0.5, 0.6) is 0 Å². The molecule has 0 heterocycles. The van der Waals surface area contributed by atoms with Gasteiger partial charge in [0.15, 0.2) is 0 Å². The van der Waals surface area contributed by atoms with E-state index in [1.165, 1.54) is 37.7 Å². The van der Waals surface area contributed by atoms with Crippen molar-refractivity contribution in [1.82, 2.24) is 0 Å². The number of fused-ring (bicyclic) bond motifs is 1. The summed E-state index contributed by atoms with van der Waals surface area (Å²) in [5.74, 6) is 0. The van der Waals surface area contributed by atoms with Crippen LogP contribution in [0, 0.1) is 0 Å². The van der Waals surface area contributed by atoms with Gasteiger partial charge < -0.3 is 0 Å². The van der Waals surface area contributed by atoms with Gasteiger partial charge in [0.05, 0.1) is 0 Å². The van der Waals surface area contributed by atoms with Gasteiger partial charge in [-0.2, -0.15) is 8.42 Å². The molecule has 0 aliphatic rings. The predicted octanol–water partition coefficient (Wildman–Crippen LogP) is 6.33. The van der Waals surface area contributed by atoms with Gasteiger partial charge in [-0.25, -0.2) is 0 Å². The third-order valence-electron chi connectivity index (χ3n) is 5.06. The van der Waals surface area contributed by atoms with Gasteiger partial charge in [-0.1, -0.05) is 76.6 Å². The average molecular weight is 377 g/mol. The third kappa shape index (κ3) is 5.55. The van der Waals surface area contributed by atoms with Crippen LogP contribution >= 0.6 is 0 Å². The number of hydrogen-bond acceptors (Lipinski definition) is 2. The van der Waals surface area contributed by atoms with Crippen molar-refractivity contribution in [3.8, 4) is 0 Å². The van der Waals surface area contributed by atoms with Crippen molar-refractivity contribution < 1.29 is 13.0 Å². The largest absolute Gasteiger partial charge is 0.295 e. The van der Waals surface area contributed by atoms with Gasteiger partial charge >= 0.3 is 0 Å². The molecule has 3 nitrogen and oxygen atoms in total. The van der Waals surface area contributed by atoms with E-state index in [4.69, 9.17) is 0 Å². The molecule has 2 aromatic carbocycles. The maximum Gasteiger partial charge on any atom is 0.295 e. The Morgan fingerprint density at radius 2 is 1.38 bits per heavy atom. The minimum Gasteiger partial charge on any atom is -0.282 e. The standard InChI is InChI=1S/C22H32O3S/c1-3-5-7-9-12-18-16-17-21(26(23,24)25)22-19(13-10-8-6-4-2)14-11-15-20(18)22/h11,14-17H,3-10,12-13H2,1-2H3,(H,23,24,25). The van der Waals surface area contributed by atoms with Crippen LogP contribution in [-0.4, -0.2) is 13.0 Å². The molecule has 0 saturated carbocycles. The summed E-state index contributed by atoms with van der Waals surface area (Å²) in [6, 6.07) is 9.47. The Morgan fingerprint density at radius 1 is 0.769 bits per heavy atom. The summed E-state index contributed by atoms with van der Waals surface area (Å²) in [5.41, 5.74) is 2.21. The molecule has 0 saturated heterocycles. The number of aryl methyl sites for hydroxylation is 2. The number of rotatable bonds is 11. The fourth-order valence-electron chi connectivity index (χ4n) is 3.63. The fourth-order valence-corrected chi connectivity index (χ4v) is 4.37. The van der Waals surface area contributed by atoms with Crippen molar-refractivity contribution in [2.45, 2.75) is 83.0 Å². The quantitative estimate of drug-likeness (QED) is 0.368. The Labute approximate surface area is 158 Å². The van der Waals surface area contributed by atoms with Crippen LogP contribution in [0.4, 0.5) is 0 Å². The Balaban J connectivity index is 2.41. The summed E-state index contributed by atoms with van der Waals surface area (Å²) >= 11 is 0. The molecular weight excluding hydrogens is 344 g/mol.